The Bertz CT molecular complexity index is 570. The molecule has 6 N–H and O–H groups in total. The van der Waals surface area contributed by atoms with Crippen LogP contribution in [0.2, 0.25) is 0 Å². The van der Waals surface area contributed by atoms with Crippen molar-refractivity contribution in [2.24, 2.45) is 11.6 Å². The SMILES string of the molecule is CC(C)(NC(=O)c1ccc([N+](=O)[O-])c(NN)c1)C(N)=O. The van der Waals surface area contributed by atoms with Crippen LogP contribution in [0.5, 0.6) is 0 Å². The number of hydrogen-bond donors (Lipinski definition) is 4. The lowest BCUT2D eigenvalue weighted by Crippen LogP contribution is -2.53. The van der Waals surface area contributed by atoms with Crippen molar-refractivity contribution in [3.8, 4) is 0 Å². The fraction of sp³-hybridized carbons (Fsp3) is 0.273. The van der Waals surface area contributed by atoms with E-state index >= 15 is 0 Å². The average Bonchev–Trinajstić information content (AvgIpc) is 2.36. The van der Waals surface area contributed by atoms with Gasteiger partial charge in [-0.1, -0.05) is 0 Å². The topological polar surface area (TPSA) is 153 Å². The van der Waals surface area contributed by atoms with E-state index in [1.54, 1.807) is 0 Å². The third kappa shape index (κ3) is 3.20. The quantitative estimate of drug-likeness (QED) is 0.335. The van der Waals surface area contributed by atoms with Crippen molar-refractivity contribution in [3.05, 3.63) is 33.9 Å². The maximum absolute atomic E-state index is 12.0. The molecule has 1 aromatic carbocycles. The first-order valence-corrected chi connectivity index (χ1v) is 5.56. The number of nitrogen functional groups attached to an aromatic ring is 1. The largest absolute Gasteiger partial charge is 0.368 e. The van der Waals surface area contributed by atoms with Gasteiger partial charge in [-0.15, -0.1) is 0 Å². The minimum Gasteiger partial charge on any atom is -0.368 e. The van der Waals surface area contributed by atoms with E-state index in [2.05, 4.69) is 10.7 Å². The number of nitrogens with zero attached hydrogens (tertiary/aromatic N) is 1. The van der Waals surface area contributed by atoms with Crippen LogP contribution < -0.4 is 22.3 Å². The van der Waals surface area contributed by atoms with Gasteiger partial charge >= 0.3 is 0 Å². The number of amides is 2. The van der Waals surface area contributed by atoms with Crippen molar-refractivity contribution in [2.45, 2.75) is 19.4 Å². The molecule has 108 valence electrons. The molecule has 20 heavy (non-hydrogen) atoms. The first kappa shape index (κ1) is 15.4. The number of nitro benzene ring substituents is 1. The second-order valence-corrected chi connectivity index (χ2v) is 4.58. The molecule has 0 aliphatic heterocycles. The zero-order valence-electron chi connectivity index (χ0n) is 11.0. The van der Waals surface area contributed by atoms with Gasteiger partial charge in [0.25, 0.3) is 11.6 Å². The van der Waals surface area contributed by atoms with Gasteiger partial charge in [-0.25, -0.2) is 0 Å². The maximum Gasteiger partial charge on any atom is 0.293 e. The summed E-state index contributed by atoms with van der Waals surface area (Å²) in [4.78, 5) is 33.2. The van der Waals surface area contributed by atoms with E-state index in [0.29, 0.717) is 0 Å². The molecule has 0 fully saturated rings. The van der Waals surface area contributed by atoms with Crippen LogP contribution in [-0.2, 0) is 4.79 Å². The first-order chi connectivity index (χ1) is 9.19. The number of nitrogens with two attached hydrogens (primary N) is 2. The van der Waals surface area contributed by atoms with Gasteiger partial charge in [0, 0.05) is 11.6 Å². The highest BCUT2D eigenvalue weighted by Gasteiger charge is 2.28. The third-order valence-corrected chi connectivity index (χ3v) is 2.65. The summed E-state index contributed by atoms with van der Waals surface area (Å²) in [5, 5.41) is 13.1. The van der Waals surface area contributed by atoms with Gasteiger partial charge in [0.05, 0.1) is 4.92 Å². The van der Waals surface area contributed by atoms with E-state index in [9.17, 15) is 19.7 Å². The number of carbonyl (C=O) groups is 2. The fourth-order valence-corrected chi connectivity index (χ4v) is 1.37. The van der Waals surface area contributed by atoms with Gasteiger partial charge in [0.15, 0.2) is 0 Å². The number of anilines is 1. The van der Waals surface area contributed by atoms with Crippen molar-refractivity contribution < 1.29 is 14.5 Å². The van der Waals surface area contributed by atoms with Gasteiger partial charge in [0.2, 0.25) is 5.91 Å². The van der Waals surface area contributed by atoms with Gasteiger partial charge < -0.3 is 16.5 Å². The minimum absolute atomic E-state index is 0.0143. The summed E-state index contributed by atoms with van der Waals surface area (Å²) >= 11 is 0. The molecule has 0 spiro atoms. The van der Waals surface area contributed by atoms with E-state index in [4.69, 9.17) is 11.6 Å². The number of hydrogen-bond acceptors (Lipinski definition) is 6. The van der Waals surface area contributed by atoms with E-state index in [1.807, 2.05) is 0 Å². The van der Waals surface area contributed by atoms with Crippen LogP contribution in [0.1, 0.15) is 24.2 Å². The van der Waals surface area contributed by atoms with Gasteiger partial charge in [-0.2, -0.15) is 0 Å². The van der Waals surface area contributed by atoms with Crippen LogP contribution in [0.3, 0.4) is 0 Å². The van der Waals surface area contributed by atoms with Crippen LogP contribution in [0.4, 0.5) is 11.4 Å². The number of hydrazine groups is 1. The lowest BCUT2D eigenvalue weighted by atomic mass is 10.0. The summed E-state index contributed by atoms with van der Waals surface area (Å²) in [5.74, 6) is 3.87. The average molecular weight is 281 g/mol. The zero-order valence-corrected chi connectivity index (χ0v) is 11.0. The van der Waals surface area contributed by atoms with Crippen molar-refractivity contribution in [1.82, 2.24) is 5.32 Å². The third-order valence-electron chi connectivity index (χ3n) is 2.65. The second kappa shape index (κ2) is 5.53. The molecule has 0 unspecified atom stereocenters. The summed E-state index contributed by atoms with van der Waals surface area (Å²) in [6, 6.07) is 3.61. The Kier molecular flexibility index (Phi) is 4.25. The lowest BCUT2D eigenvalue weighted by Gasteiger charge is -2.22. The van der Waals surface area contributed by atoms with E-state index < -0.39 is 22.3 Å². The molecule has 0 aromatic heterocycles. The van der Waals surface area contributed by atoms with Crippen molar-refractivity contribution in [1.29, 1.82) is 0 Å². The molecule has 0 heterocycles. The van der Waals surface area contributed by atoms with Crippen LogP contribution in [0.15, 0.2) is 18.2 Å². The Balaban J connectivity index is 3.07. The highest BCUT2D eigenvalue weighted by molar-refractivity contribution is 5.99. The molecule has 9 nitrogen and oxygen atoms in total. The molecule has 0 bridgehead atoms. The summed E-state index contributed by atoms with van der Waals surface area (Å²) in [5.41, 5.74) is 5.87. The summed E-state index contributed by atoms with van der Waals surface area (Å²) in [6.07, 6.45) is 0. The number of benzene rings is 1. The van der Waals surface area contributed by atoms with Crippen LogP contribution in [-0.4, -0.2) is 22.3 Å². The van der Waals surface area contributed by atoms with Gasteiger partial charge in [0.1, 0.15) is 11.2 Å². The van der Waals surface area contributed by atoms with E-state index in [0.717, 1.165) is 6.07 Å². The standard InChI is InChI=1S/C11H15N5O4/c1-11(2,10(12)18)14-9(17)6-3-4-8(16(19)20)7(5-6)15-13/h3-5,15H,13H2,1-2H3,(H2,12,18)(H,14,17). The molecule has 0 saturated heterocycles. The first-order valence-electron chi connectivity index (χ1n) is 5.56. The Morgan fingerprint density at radius 1 is 1.35 bits per heavy atom. The Morgan fingerprint density at radius 3 is 2.40 bits per heavy atom. The monoisotopic (exact) mass is 281 g/mol. The molecule has 9 heteroatoms. The molecule has 0 saturated carbocycles. The highest BCUT2D eigenvalue weighted by Crippen LogP contribution is 2.24. The number of nitrogens with one attached hydrogen (secondary N) is 2. The molecule has 1 aromatic rings. The van der Waals surface area contributed by atoms with E-state index in [1.165, 1.54) is 26.0 Å². The molecule has 0 atom stereocenters. The van der Waals surface area contributed by atoms with Crippen LogP contribution in [0.25, 0.3) is 0 Å². The number of nitro groups is 1. The molecule has 0 aliphatic rings. The van der Waals surface area contributed by atoms with Gasteiger partial charge in [-0.05, 0) is 26.0 Å². The van der Waals surface area contributed by atoms with Crippen molar-refractivity contribution in [3.63, 3.8) is 0 Å². The highest BCUT2D eigenvalue weighted by atomic mass is 16.6. The number of carbonyl (C=O) groups excluding carboxylic acids is 2. The zero-order chi connectivity index (χ0) is 15.5. The molecule has 0 aliphatic carbocycles. The number of rotatable bonds is 5. The summed E-state index contributed by atoms with van der Waals surface area (Å²) < 4.78 is 0. The fourth-order valence-electron chi connectivity index (χ4n) is 1.37. The molecular weight excluding hydrogens is 266 g/mol. The van der Waals surface area contributed by atoms with Crippen LogP contribution in [0, 0.1) is 10.1 Å². The summed E-state index contributed by atoms with van der Waals surface area (Å²) in [7, 11) is 0. The molecular formula is C11H15N5O4. The predicted octanol–water partition coefficient (Wildman–Crippen LogP) is -0.126. The normalized spacial score (nSPS) is 10.8. The maximum atomic E-state index is 12.0. The Labute approximate surface area is 114 Å². The lowest BCUT2D eigenvalue weighted by molar-refractivity contribution is -0.384. The van der Waals surface area contributed by atoms with Crippen LogP contribution >= 0.6 is 0 Å². The molecule has 0 radical (unpaired) electrons. The minimum atomic E-state index is -1.24. The smallest absolute Gasteiger partial charge is 0.293 e. The Morgan fingerprint density at radius 2 is 1.95 bits per heavy atom. The number of primary amides is 1. The van der Waals surface area contributed by atoms with E-state index in [-0.39, 0.29) is 16.9 Å². The summed E-state index contributed by atoms with van der Waals surface area (Å²) in [6.45, 7) is 2.89. The van der Waals surface area contributed by atoms with Crippen molar-refractivity contribution >= 4 is 23.2 Å². The second-order valence-electron chi connectivity index (χ2n) is 4.58. The molecule has 2 amide bonds. The molecule has 1 rings (SSSR count). The Hall–Kier alpha value is -2.68. The van der Waals surface area contributed by atoms with Gasteiger partial charge in [-0.3, -0.25) is 25.5 Å². The predicted molar refractivity (Wildman–Crippen MR) is 71.6 cm³/mol. The van der Waals surface area contributed by atoms with Crippen molar-refractivity contribution in [2.75, 3.05) is 5.43 Å².